The molecule has 0 aromatic heterocycles. The molecule has 8 atom stereocenters. The van der Waals surface area contributed by atoms with E-state index in [1.807, 2.05) is 60.7 Å². The van der Waals surface area contributed by atoms with E-state index in [-0.39, 0.29) is 19.6 Å². The monoisotopic (exact) mass is 654 g/mol. The van der Waals surface area contributed by atoms with Crippen LogP contribution in [0.2, 0.25) is 0 Å². The SMILES string of the molecule is COC(C)OC(=O)C1(C(=O)OC(C)OCc2ccccc2)C2C=CC(C2)C1(C(=O)OC(C)OC)C(=O)OC(C)OCc1ccccc1. The molecule has 254 valence electrons. The maximum absolute atomic E-state index is 14.5. The van der Waals surface area contributed by atoms with Gasteiger partial charge >= 0.3 is 23.9 Å². The number of carbonyl (C=O) groups excluding carboxylic acids is 4. The summed E-state index contributed by atoms with van der Waals surface area (Å²) in [4.78, 5) is 57.7. The standard InChI is InChI=1S/C35H42O12/c1-22(40-5)44-30(36)34(32(38)46-24(3)42-20-26-13-9-7-10-14-26)28-17-18-29(19-28)35(34,31(37)45-23(2)41-6)33(39)47-25(4)43-21-27-15-11-8-12-16-27/h7-18,22-25,28-29H,19-21H2,1-6H3. The zero-order chi connectivity index (χ0) is 34.2. The first-order valence-corrected chi connectivity index (χ1v) is 15.4. The maximum Gasteiger partial charge on any atom is 0.328 e. The summed E-state index contributed by atoms with van der Waals surface area (Å²) >= 11 is 0. The predicted octanol–water partition coefficient (Wildman–Crippen LogP) is 4.45. The van der Waals surface area contributed by atoms with Crippen LogP contribution in [0.15, 0.2) is 72.8 Å². The lowest BCUT2D eigenvalue weighted by atomic mass is 9.57. The van der Waals surface area contributed by atoms with Gasteiger partial charge in [0.25, 0.3) is 0 Å². The van der Waals surface area contributed by atoms with Crippen molar-refractivity contribution < 1.29 is 57.1 Å². The van der Waals surface area contributed by atoms with Crippen molar-refractivity contribution in [3.05, 3.63) is 83.9 Å². The van der Waals surface area contributed by atoms with E-state index in [1.54, 1.807) is 12.2 Å². The van der Waals surface area contributed by atoms with Crippen LogP contribution in [0, 0.1) is 22.7 Å². The molecule has 2 aliphatic rings. The highest BCUT2D eigenvalue weighted by atomic mass is 16.7. The van der Waals surface area contributed by atoms with Gasteiger partial charge in [-0.1, -0.05) is 72.8 Å². The molecule has 47 heavy (non-hydrogen) atoms. The van der Waals surface area contributed by atoms with E-state index in [0.717, 1.165) is 11.1 Å². The highest BCUT2D eigenvalue weighted by molar-refractivity contribution is 6.16. The van der Waals surface area contributed by atoms with Crippen molar-refractivity contribution in [3.63, 3.8) is 0 Å². The van der Waals surface area contributed by atoms with Gasteiger partial charge in [0.15, 0.2) is 23.4 Å². The van der Waals surface area contributed by atoms with Gasteiger partial charge in [0, 0.05) is 26.1 Å². The van der Waals surface area contributed by atoms with E-state index in [9.17, 15) is 19.2 Å². The molecule has 2 bridgehead atoms. The molecular weight excluding hydrogens is 612 g/mol. The summed E-state index contributed by atoms with van der Waals surface area (Å²) in [6.45, 7) is 5.94. The average molecular weight is 655 g/mol. The van der Waals surface area contributed by atoms with Crippen LogP contribution in [-0.2, 0) is 70.3 Å². The number of esters is 4. The lowest BCUT2D eigenvalue weighted by molar-refractivity contribution is -0.234. The van der Waals surface area contributed by atoms with Gasteiger partial charge < -0.3 is 37.9 Å². The van der Waals surface area contributed by atoms with Crippen molar-refractivity contribution in [2.45, 2.75) is 72.5 Å². The first kappa shape index (κ1) is 35.7. The molecule has 0 aliphatic heterocycles. The Morgan fingerprint density at radius 2 is 0.894 bits per heavy atom. The second kappa shape index (κ2) is 15.7. The van der Waals surface area contributed by atoms with Crippen LogP contribution in [0.3, 0.4) is 0 Å². The summed E-state index contributed by atoms with van der Waals surface area (Å²) in [5, 5.41) is 0. The summed E-state index contributed by atoms with van der Waals surface area (Å²) in [5.41, 5.74) is -3.57. The molecule has 4 rings (SSSR count). The number of carbonyl (C=O) groups is 4. The number of allylic oxidation sites excluding steroid dienone is 2. The maximum atomic E-state index is 14.5. The largest absolute Gasteiger partial charge is 0.435 e. The van der Waals surface area contributed by atoms with Gasteiger partial charge in [-0.15, -0.1) is 0 Å². The van der Waals surface area contributed by atoms with Crippen molar-refractivity contribution in [3.8, 4) is 0 Å². The smallest absolute Gasteiger partial charge is 0.328 e. The summed E-state index contributed by atoms with van der Waals surface area (Å²) in [6.07, 6.45) is -1.50. The van der Waals surface area contributed by atoms with Crippen LogP contribution >= 0.6 is 0 Å². The predicted molar refractivity (Wildman–Crippen MR) is 164 cm³/mol. The third-order valence-electron chi connectivity index (χ3n) is 8.52. The number of hydrogen-bond acceptors (Lipinski definition) is 12. The third kappa shape index (κ3) is 7.25. The first-order valence-electron chi connectivity index (χ1n) is 15.4. The number of ether oxygens (including phenoxy) is 8. The number of methoxy groups -OCH3 is 2. The van der Waals surface area contributed by atoms with Gasteiger partial charge in [-0.05, 0) is 45.2 Å². The fraction of sp³-hybridized carbons (Fsp3) is 0.486. The second-order valence-electron chi connectivity index (χ2n) is 11.4. The molecule has 1 fully saturated rings. The Labute approximate surface area is 274 Å². The van der Waals surface area contributed by atoms with Gasteiger partial charge in [0.05, 0.1) is 13.2 Å². The Balaban J connectivity index is 1.75. The number of hydrogen-bond donors (Lipinski definition) is 0. The molecule has 0 N–H and O–H groups in total. The molecule has 12 nitrogen and oxygen atoms in total. The van der Waals surface area contributed by atoms with E-state index in [2.05, 4.69) is 0 Å². The van der Waals surface area contributed by atoms with E-state index in [0.29, 0.717) is 0 Å². The highest BCUT2D eigenvalue weighted by Crippen LogP contribution is 2.66. The van der Waals surface area contributed by atoms with E-state index in [1.165, 1.54) is 41.9 Å². The topological polar surface area (TPSA) is 142 Å². The van der Waals surface area contributed by atoms with Crippen molar-refractivity contribution in [2.24, 2.45) is 22.7 Å². The van der Waals surface area contributed by atoms with E-state index >= 15 is 0 Å². The van der Waals surface area contributed by atoms with Crippen LogP contribution in [0.5, 0.6) is 0 Å². The Morgan fingerprint density at radius 3 is 1.21 bits per heavy atom. The zero-order valence-corrected chi connectivity index (χ0v) is 27.4. The number of rotatable bonds is 16. The third-order valence-corrected chi connectivity index (χ3v) is 8.52. The van der Waals surface area contributed by atoms with Gasteiger partial charge in [0.2, 0.25) is 12.6 Å². The molecule has 0 heterocycles. The number of fused-ring (bicyclic) bond motifs is 2. The van der Waals surface area contributed by atoms with Crippen LogP contribution in [0.4, 0.5) is 0 Å². The van der Waals surface area contributed by atoms with Crippen molar-refractivity contribution >= 4 is 23.9 Å². The van der Waals surface area contributed by atoms with Crippen LogP contribution < -0.4 is 0 Å². The van der Waals surface area contributed by atoms with E-state index < -0.39 is 71.7 Å². The second-order valence-corrected chi connectivity index (χ2v) is 11.4. The molecule has 1 saturated carbocycles. The van der Waals surface area contributed by atoms with Crippen molar-refractivity contribution in [1.82, 2.24) is 0 Å². The molecule has 0 spiro atoms. The first-order chi connectivity index (χ1) is 22.5. The molecule has 12 heteroatoms. The minimum atomic E-state index is -2.59. The average Bonchev–Trinajstić information content (AvgIpc) is 3.67. The van der Waals surface area contributed by atoms with Crippen LogP contribution in [0.1, 0.15) is 45.2 Å². The molecule has 0 radical (unpaired) electrons. The van der Waals surface area contributed by atoms with Crippen molar-refractivity contribution in [2.75, 3.05) is 14.2 Å². The fourth-order valence-corrected chi connectivity index (χ4v) is 6.06. The Hall–Kier alpha value is -4.10. The van der Waals surface area contributed by atoms with Crippen LogP contribution in [-0.4, -0.2) is 63.3 Å². The van der Waals surface area contributed by atoms with Gasteiger partial charge in [0.1, 0.15) is 0 Å². The lowest BCUT2D eigenvalue weighted by Gasteiger charge is -2.44. The molecule has 0 amide bonds. The summed E-state index contributed by atoms with van der Waals surface area (Å²) in [6, 6.07) is 18.3. The van der Waals surface area contributed by atoms with Gasteiger partial charge in [-0.25, -0.2) is 0 Å². The summed E-state index contributed by atoms with van der Waals surface area (Å²) in [7, 11) is 2.59. The quantitative estimate of drug-likeness (QED) is 0.0830. The lowest BCUT2D eigenvalue weighted by Crippen LogP contribution is -2.65. The Bertz CT molecular complexity index is 1310. The highest BCUT2D eigenvalue weighted by Gasteiger charge is 2.83. The minimum Gasteiger partial charge on any atom is -0.435 e. The molecule has 2 aliphatic carbocycles. The molecule has 2 aromatic carbocycles. The molecule has 8 unspecified atom stereocenters. The Morgan fingerprint density at radius 1 is 0.574 bits per heavy atom. The Kier molecular flexibility index (Phi) is 11.9. The summed E-state index contributed by atoms with van der Waals surface area (Å²) < 4.78 is 44.4. The van der Waals surface area contributed by atoms with Crippen LogP contribution in [0.25, 0.3) is 0 Å². The van der Waals surface area contributed by atoms with Gasteiger partial charge in [-0.2, -0.15) is 0 Å². The summed E-state index contributed by atoms with van der Waals surface area (Å²) in [5.74, 6) is -6.92. The van der Waals surface area contributed by atoms with E-state index in [4.69, 9.17) is 37.9 Å². The minimum absolute atomic E-state index is 0.0373. The molecular formula is C35H42O12. The fourth-order valence-electron chi connectivity index (χ4n) is 6.06. The van der Waals surface area contributed by atoms with Crippen molar-refractivity contribution in [1.29, 1.82) is 0 Å². The molecule has 2 aromatic rings. The molecule has 0 saturated heterocycles. The zero-order valence-electron chi connectivity index (χ0n) is 27.4. The number of benzene rings is 2. The van der Waals surface area contributed by atoms with Gasteiger partial charge in [-0.3, -0.25) is 19.2 Å². The normalized spacial score (nSPS) is 25.3.